The van der Waals surface area contributed by atoms with Crippen LogP contribution in [0.4, 0.5) is 0 Å². The van der Waals surface area contributed by atoms with Gasteiger partial charge in [0.1, 0.15) is 11.9 Å². The van der Waals surface area contributed by atoms with Gasteiger partial charge in [0, 0.05) is 50.3 Å². The van der Waals surface area contributed by atoms with Gasteiger partial charge in [-0.2, -0.15) is 5.10 Å². The van der Waals surface area contributed by atoms with Crippen LogP contribution in [-0.4, -0.2) is 38.9 Å². The zero-order chi connectivity index (χ0) is 15.5. The summed E-state index contributed by atoms with van der Waals surface area (Å²) in [5.41, 5.74) is 3.79. The smallest absolute Gasteiger partial charge is 0.122 e. The standard InChI is InChI=1S/C17H24N4O/c1-13-17(14(2)20(3)19-13)12-21-10-6-16(7-11-21)22-15-4-8-18-9-5-15/h4-5,8-9,16H,6-7,10-12H2,1-3H3. The number of rotatable bonds is 4. The minimum absolute atomic E-state index is 0.315. The highest BCUT2D eigenvalue weighted by atomic mass is 16.5. The minimum Gasteiger partial charge on any atom is -0.490 e. The Balaban J connectivity index is 1.53. The van der Waals surface area contributed by atoms with Crippen molar-refractivity contribution in [3.05, 3.63) is 41.5 Å². The van der Waals surface area contributed by atoms with Crippen molar-refractivity contribution in [2.24, 2.45) is 7.05 Å². The monoisotopic (exact) mass is 300 g/mol. The summed E-state index contributed by atoms with van der Waals surface area (Å²) in [7, 11) is 2.01. The molecule has 0 aliphatic carbocycles. The van der Waals surface area contributed by atoms with Crippen LogP contribution in [-0.2, 0) is 13.6 Å². The number of likely N-dealkylation sites (tertiary alicyclic amines) is 1. The second-order valence-corrected chi connectivity index (χ2v) is 6.05. The third-order valence-corrected chi connectivity index (χ3v) is 4.53. The SMILES string of the molecule is Cc1nn(C)c(C)c1CN1CCC(Oc2ccncc2)CC1. The number of piperidine rings is 1. The van der Waals surface area contributed by atoms with Crippen molar-refractivity contribution < 1.29 is 4.74 Å². The number of nitrogens with zero attached hydrogens (tertiary/aromatic N) is 4. The van der Waals surface area contributed by atoms with Crippen molar-refractivity contribution >= 4 is 0 Å². The molecule has 5 nitrogen and oxygen atoms in total. The highest BCUT2D eigenvalue weighted by Crippen LogP contribution is 2.21. The van der Waals surface area contributed by atoms with E-state index in [0.717, 1.165) is 43.9 Å². The van der Waals surface area contributed by atoms with Crippen LogP contribution in [0.2, 0.25) is 0 Å². The van der Waals surface area contributed by atoms with Crippen molar-refractivity contribution in [2.75, 3.05) is 13.1 Å². The Labute approximate surface area is 131 Å². The molecule has 3 rings (SSSR count). The van der Waals surface area contributed by atoms with E-state index in [1.807, 2.05) is 23.9 Å². The molecule has 0 saturated carbocycles. The van der Waals surface area contributed by atoms with E-state index in [2.05, 4.69) is 28.8 Å². The summed E-state index contributed by atoms with van der Waals surface area (Å²) in [6, 6.07) is 3.85. The van der Waals surface area contributed by atoms with Crippen LogP contribution in [0.15, 0.2) is 24.5 Å². The van der Waals surface area contributed by atoms with Crippen molar-refractivity contribution in [3.8, 4) is 5.75 Å². The highest BCUT2D eigenvalue weighted by molar-refractivity contribution is 5.24. The largest absolute Gasteiger partial charge is 0.490 e. The number of pyridine rings is 1. The molecule has 0 amide bonds. The van der Waals surface area contributed by atoms with Crippen molar-refractivity contribution in [1.29, 1.82) is 0 Å². The number of hydrogen-bond acceptors (Lipinski definition) is 4. The van der Waals surface area contributed by atoms with Gasteiger partial charge in [-0.25, -0.2) is 0 Å². The second-order valence-electron chi connectivity index (χ2n) is 6.05. The third kappa shape index (κ3) is 3.30. The number of aryl methyl sites for hydroxylation is 2. The summed E-state index contributed by atoms with van der Waals surface area (Å²) in [4.78, 5) is 6.52. The molecular weight excluding hydrogens is 276 g/mol. The Morgan fingerprint density at radius 3 is 2.45 bits per heavy atom. The predicted octanol–water partition coefficient (Wildman–Crippen LogP) is 2.48. The molecule has 1 aliphatic rings. The number of ether oxygens (including phenoxy) is 1. The van der Waals surface area contributed by atoms with Crippen LogP contribution in [0.25, 0.3) is 0 Å². The average molecular weight is 300 g/mol. The summed E-state index contributed by atoms with van der Waals surface area (Å²) < 4.78 is 8.00. The molecule has 0 spiro atoms. The van der Waals surface area contributed by atoms with Gasteiger partial charge < -0.3 is 4.74 Å². The Kier molecular flexibility index (Phi) is 4.43. The van der Waals surface area contributed by atoms with Gasteiger partial charge in [0.2, 0.25) is 0 Å². The topological polar surface area (TPSA) is 43.2 Å². The van der Waals surface area contributed by atoms with Gasteiger partial charge in [-0.15, -0.1) is 0 Å². The fourth-order valence-electron chi connectivity index (χ4n) is 3.06. The van der Waals surface area contributed by atoms with Gasteiger partial charge in [0.25, 0.3) is 0 Å². The van der Waals surface area contributed by atoms with Crippen molar-refractivity contribution in [1.82, 2.24) is 19.7 Å². The lowest BCUT2D eigenvalue weighted by molar-refractivity contribution is 0.0965. The summed E-state index contributed by atoms with van der Waals surface area (Å²) in [6.07, 6.45) is 6.01. The normalized spacial score (nSPS) is 16.9. The molecular formula is C17H24N4O. The van der Waals surface area contributed by atoms with Crippen molar-refractivity contribution in [3.63, 3.8) is 0 Å². The Morgan fingerprint density at radius 2 is 1.86 bits per heavy atom. The van der Waals surface area contributed by atoms with Crippen LogP contribution in [0, 0.1) is 13.8 Å². The molecule has 0 bridgehead atoms. The van der Waals surface area contributed by atoms with Crippen LogP contribution in [0.5, 0.6) is 5.75 Å². The predicted molar refractivity (Wildman–Crippen MR) is 85.8 cm³/mol. The molecule has 0 atom stereocenters. The molecule has 3 heterocycles. The maximum Gasteiger partial charge on any atom is 0.122 e. The molecule has 5 heteroatoms. The minimum atomic E-state index is 0.315. The molecule has 2 aromatic heterocycles. The first-order chi connectivity index (χ1) is 10.6. The lowest BCUT2D eigenvalue weighted by Gasteiger charge is -2.32. The zero-order valence-electron chi connectivity index (χ0n) is 13.6. The van der Waals surface area contributed by atoms with Gasteiger partial charge in [0.05, 0.1) is 5.69 Å². The quantitative estimate of drug-likeness (QED) is 0.870. The van der Waals surface area contributed by atoms with E-state index in [1.54, 1.807) is 12.4 Å². The fraction of sp³-hybridized carbons (Fsp3) is 0.529. The van der Waals surface area contributed by atoms with Crippen molar-refractivity contribution in [2.45, 2.75) is 39.3 Å². The lowest BCUT2D eigenvalue weighted by Crippen LogP contribution is -2.38. The molecule has 22 heavy (non-hydrogen) atoms. The van der Waals surface area contributed by atoms with Gasteiger partial charge in [-0.1, -0.05) is 0 Å². The molecule has 0 N–H and O–H groups in total. The maximum atomic E-state index is 6.02. The summed E-state index contributed by atoms with van der Waals surface area (Å²) in [5.74, 6) is 0.924. The average Bonchev–Trinajstić information content (AvgIpc) is 2.77. The summed E-state index contributed by atoms with van der Waals surface area (Å²) in [5, 5.41) is 4.51. The van der Waals surface area contributed by atoms with Gasteiger partial charge in [-0.3, -0.25) is 14.6 Å². The van der Waals surface area contributed by atoms with E-state index < -0.39 is 0 Å². The second kappa shape index (κ2) is 6.48. The van der Waals surface area contributed by atoms with Gasteiger partial charge in [0.15, 0.2) is 0 Å². The lowest BCUT2D eigenvalue weighted by atomic mass is 10.1. The van der Waals surface area contributed by atoms with E-state index in [0.29, 0.717) is 6.10 Å². The summed E-state index contributed by atoms with van der Waals surface area (Å²) >= 11 is 0. The number of aromatic nitrogens is 3. The molecule has 0 aromatic carbocycles. The zero-order valence-corrected chi connectivity index (χ0v) is 13.6. The van der Waals surface area contributed by atoms with Crippen LogP contribution < -0.4 is 4.74 Å². The first kappa shape index (κ1) is 15.0. The van der Waals surface area contributed by atoms with Crippen LogP contribution in [0.1, 0.15) is 29.8 Å². The molecule has 1 saturated heterocycles. The van der Waals surface area contributed by atoms with Crippen LogP contribution >= 0.6 is 0 Å². The first-order valence-electron chi connectivity index (χ1n) is 7.91. The van der Waals surface area contributed by atoms with E-state index >= 15 is 0 Å². The Hall–Kier alpha value is -1.88. The third-order valence-electron chi connectivity index (χ3n) is 4.53. The summed E-state index contributed by atoms with van der Waals surface area (Å²) in [6.45, 7) is 7.39. The van der Waals surface area contributed by atoms with Gasteiger partial charge in [-0.05, 0) is 38.8 Å². The van der Waals surface area contributed by atoms with E-state index in [1.165, 1.54) is 11.3 Å². The Bertz CT molecular complexity index is 615. The molecule has 1 fully saturated rings. The Morgan fingerprint density at radius 1 is 1.18 bits per heavy atom. The maximum absolute atomic E-state index is 6.02. The first-order valence-corrected chi connectivity index (χ1v) is 7.91. The molecule has 2 aromatic rings. The van der Waals surface area contributed by atoms with E-state index in [-0.39, 0.29) is 0 Å². The van der Waals surface area contributed by atoms with E-state index in [4.69, 9.17) is 4.74 Å². The van der Waals surface area contributed by atoms with Gasteiger partial charge >= 0.3 is 0 Å². The molecule has 0 unspecified atom stereocenters. The molecule has 0 radical (unpaired) electrons. The number of hydrogen-bond donors (Lipinski definition) is 0. The fourth-order valence-corrected chi connectivity index (χ4v) is 3.06. The molecule has 1 aliphatic heterocycles. The van der Waals surface area contributed by atoms with Crippen LogP contribution in [0.3, 0.4) is 0 Å². The highest BCUT2D eigenvalue weighted by Gasteiger charge is 2.22. The van der Waals surface area contributed by atoms with E-state index in [9.17, 15) is 0 Å². The molecule has 118 valence electrons.